The Morgan fingerprint density at radius 2 is 2.05 bits per heavy atom. The molecule has 106 valence electrons. The van der Waals surface area contributed by atoms with Crippen LogP contribution in [-0.2, 0) is 0 Å². The van der Waals surface area contributed by atoms with E-state index in [1.165, 1.54) is 11.9 Å². The molecule has 0 fully saturated rings. The van der Waals surface area contributed by atoms with Crippen LogP contribution >= 0.6 is 23.5 Å². The summed E-state index contributed by atoms with van der Waals surface area (Å²) >= 11 is 7.61. The number of nitrogens with one attached hydrogen (secondary N) is 2. The topological polar surface area (TPSA) is 57.8 Å². The van der Waals surface area contributed by atoms with Crippen molar-refractivity contribution < 1.29 is 4.79 Å². The van der Waals surface area contributed by atoms with Crippen LogP contribution < -0.4 is 4.72 Å². The highest BCUT2D eigenvalue weighted by molar-refractivity contribution is 7.97. The summed E-state index contributed by atoms with van der Waals surface area (Å²) in [5, 5.41) is 0.377. The van der Waals surface area contributed by atoms with Crippen LogP contribution in [0.2, 0.25) is 5.02 Å². The molecular weight excluding hydrogens is 306 g/mol. The summed E-state index contributed by atoms with van der Waals surface area (Å²) in [5.41, 5.74) is 1.78. The summed E-state index contributed by atoms with van der Waals surface area (Å²) in [7, 11) is 0. The Morgan fingerprint density at radius 1 is 1.24 bits per heavy atom. The molecule has 0 saturated heterocycles. The van der Waals surface area contributed by atoms with Crippen LogP contribution in [0.15, 0.2) is 53.6 Å². The first kappa shape index (κ1) is 14.1. The van der Waals surface area contributed by atoms with Crippen molar-refractivity contribution in [2.24, 2.45) is 0 Å². The van der Waals surface area contributed by atoms with Gasteiger partial charge in [0, 0.05) is 11.1 Å². The fraction of sp³-hybridized carbons (Fsp3) is 0.0667. The third-order valence-corrected chi connectivity index (χ3v) is 4.10. The molecule has 0 spiro atoms. The molecule has 0 atom stereocenters. The first-order valence-electron chi connectivity index (χ1n) is 6.36. The summed E-state index contributed by atoms with van der Waals surface area (Å²) in [6.45, 7) is 0.187. The smallest absolute Gasteiger partial charge is 0.195 e. The molecule has 2 heterocycles. The number of pyridine rings is 1. The van der Waals surface area contributed by atoms with Gasteiger partial charge < -0.3 is 4.98 Å². The van der Waals surface area contributed by atoms with Crippen molar-refractivity contribution >= 4 is 40.4 Å². The normalized spacial score (nSPS) is 10.9. The molecule has 0 bridgehead atoms. The average Bonchev–Trinajstić information content (AvgIpc) is 2.86. The summed E-state index contributed by atoms with van der Waals surface area (Å²) in [5.74, 6) is -0.0959. The predicted molar refractivity (Wildman–Crippen MR) is 85.7 cm³/mol. The fourth-order valence-electron chi connectivity index (χ4n) is 1.94. The summed E-state index contributed by atoms with van der Waals surface area (Å²) in [6, 6.07) is 13.4. The molecule has 0 aliphatic heterocycles. The highest BCUT2D eigenvalue weighted by Crippen LogP contribution is 2.25. The van der Waals surface area contributed by atoms with Crippen molar-refractivity contribution in [2.45, 2.75) is 4.90 Å². The number of rotatable bonds is 5. The fourth-order valence-corrected chi connectivity index (χ4v) is 2.91. The van der Waals surface area contributed by atoms with Crippen LogP contribution in [0.5, 0.6) is 0 Å². The third kappa shape index (κ3) is 3.10. The number of aromatic nitrogens is 2. The molecule has 0 radical (unpaired) electrons. The number of aromatic amines is 1. The SMILES string of the molecule is O=C(CNSc1ccccc1)c1[nH]c2cccnc2c1Cl. The van der Waals surface area contributed by atoms with Crippen molar-refractivity contribution in [1.82, 2.24) is 14.7 Å². The van der Waals surface area contributed by atoms with Crippen molar-refractivity contribution in [2.75, 3.05) is 6.54 Å². The van der Waals surface area contributed by atoms with Crippen molar-refractivity contribution in [3.63, 3.8) is 0 Å². The van der Waals surface area contributed by atoms with Gasteiger partial charge in [-0.25, -0.2) is 0 Å². The van der Waals surface area contributed by atoms with E-state index in [-0.39, 0.29) is 12.3 Å². The summed E-state index contributed by atoms with van der Waals surface area (Å²) in [4.78, 5) is 20.4. The number of hydrogen-bond acceptors (Lipinski definition) is 4. The largest absolute Gasteiger partial charge is 0.349 e. The Balaban J connectivity index is 1.68. The zero-order chi connectivity index (χ0) is 14.7. The van der Waals surface area contributed by atoms with Gasteiger partial charge >= 0.3 is 0 Å². The Bertz CT molecular complexity index is 773. The lowest BCUT2D eigenvalue weighted by atomic mass is 10.3. The highest BCUT2D eigenvalue weighted by atomic mass is 35.5. The van der Waals surface area contributed by atoms with E-state index >= 15 is 0 Å². The van der Waals surface area contributed by atoms with Crippen molar-refractivity contribution in [3.8, 4) is 0 Å². The van der Waals surface area contributed by atoms with Gasteiger partial charge in [0.2, 0.25) is 0 Å². The Labute approximate surface area is 131 Å². The minimum atomic E-state index is -0.0959. The maximum absolute atomic E-state index is 12.2. The predicted octanol–water partition coefficient (Wildman–Crippen LogP) is 3.70. The monoisotopic (exact) mass is 317 g/mol. The lowest BCUT2D eigenvalue weighted by molar-refractivity contribution is 0.0994. The number of fused-ring (bicyclic) bond motifs is 1. The van der Waals surface area contributed by atoms with Gasteiger partial charge in [-0.15, -0.1) is 0 Å². The number of Topliss-reactive ketones (excluding diaryl/α,β-unsaturated/α-hetero) is 1. The Hall–Kier alpha value is -1.82. The van der Waals surface area contributed by atoms with E-state index in [9.17, 15) is 4.79 Å². The van der Waals surface area contributed by atoms with Crippen LogP contribution in [0.1, 0.15) is 10.5 Å². The van der Waals surface area contributed by atoms with Gasteiger partial charge in [-0.2, -0.15) is 0 Å². The molecule has 21 heavy (non-hydrogen) atoms. The van der Waals surface area contributed by atoms with Crippen LogP contribution in [0.4, 0.5) is 0 Å². The van der Waals surface area contributed by atoms with Crippen LogP contribution in [-0.4, -0.2) is 22.3 Å². The molecule has 4 nitrogen and oxygen atoms in total. The van der Waals surface area contributed by atoms with E-state index in [0.717, 1.165) is 10.4 Å². The average molecular weight is 318 g/mol. The summed E-state index contributed by atoms with van der Waals surface area (Å²) < 4.78 is 3.04. The maximum Gasteiger partial charge on any atom is 0.195 e. The van der Waals surface area contributed by atoms with Gasteiger partial charge in [-0.05, 0) is 36.2 Å². The summed E-state index contributed by atoms with van der Waals surface area (Å²) in [6.07, 6.45) is 1.65. The van der Waals surface area contributed by atoms with Gasteiger partial charge in [-0.3, -0.25) is 14.5 Å². The first-order valence-corrected chi connectivity index (χ1v) is 7.55. The molecule has 1 aromatic carbocycles. The van der Waals surface area contributed by atoms with E-state index in [0.29, 0.717) is 16.2 Å². The minimum absolute atomic E-state index is 0.0959. The lowest BCUT2D eigenvalue weighted by Gasteiger charge is -2.02. The molecule has 2 N–H and O–H groups in total. The molecule has 2 aromatic heterocycles. The molecule has 3 aromatic rings. The Morgan fingerprint density at radius 3 is 2.81 bits per heavy atom. The van der Waals surface area contributed by atoms with Crippen LogP contribution in [0.3, 0.4) is 0 Å². The third-order valence-electron chi connectivity index (χ3n) is 2.94. The second-order valence-corrected chi connectivity index (χ2v) is 5.72. The number of carbonyl (C=O) groups excluding carboxylic acids is 1. The standard InChI is InChI=1S/C15H12ClN3OS/c16-13-14-11(7-4-8-17-14)19-15(13)12(20)9-18-21-10-5-2-1-3-6-10/h1-8,18-19H,9H2. The first-order chi connectivity index (χ1) is 10.3. The van der Waals surface area contributed by atoms with Crippen molar-refractivity contribution in [1.29, 1.82) is 0 Å². The molecule has 0 unspecified atom stereocenters. The number of H-pyrrole nitrogens is 1. The number of benzene rings is 1. The lowest BCUT2D eigenvalue weighted by Crippen LogP contribution is -2.17. The Kier molecular flexibility index (Phi) is 4.24. The van der Waals surface area contributed by atoms with E-state index < -0.39 is 0 Å². The van der Waals surface area contributed by atoms with Gasteiger partial charge in [-0.1, -0.05) is 29.8 Å². The van der Waals surface area contributed by atoms with E-state index in [2.05, 4.69) is 14.7 Å². The minimum Gasteiger partial charge on any atom is -0.349 e. The molecule has 0 saturated carbocycles. The number of ketones is 1. The van der Waals surface area contributed by atoms with Gasteiger partial charge in [0.05, 0.1) is 17.1 Å². The maximum atomic E-state index is 12.2. The van der Waals surface area contributed by atoms with E-state index in [1.54, 1.807) is 12.3 Å². The van der Waals surface area contributed by atoms with Gasteiger partial charge in [0.25, 0.3) is 0 Å². The zero-order valence-corrected chi connectivity index (χ0v) is 12.5. The molecular formula is C15H12ClN3OS. The number of halogens is 1. The van der Waals surface area contributed by atoms with Gasteiger partial charge in [0.1, 0.15) is 11.2 Å². The molecule has 0 aliphatic rings. The quantitative estimate of drug-likeness (QED) is 0.556. The van der Waals surface area contributed by atoms with Crippen LogP contribution in [0, 0.1) is 0 Å². The van der Waals surface area contributed by atoms with Crippen LogP contribution in [0.25, 0.3) is 11.0 Å². The zero-order valence-electron chi connectivity index (χ0n) is 11.0. The highest BCUT2D eigenvalue weighted by Gasteiger charge is 2.16. The van der Waals surface area contributed by atoms with E-state index in [4.69, 9.17) is 11.6 Å². The van der Waals surface area contributed by atoms with Gasteiger partial charge in [0.15, 0.2) is 5.78 Å². The second-order valence-electron chi connectivity index (χ2n) is 4.37. The molecule has 0 amide bonds. The molecule has 0 aliphatic carbocycles. The molecule has 6 heteroatoms. The number of carbonyl (C=O) groups is 1. The second kappa shape index (κ2) is 6.30. The number of nitrogens with zero attached hydrogens (tertiary/aromatic N) is 1. The van der Waals surface area contributed by atoms with E-state index in [1.807, 2.05) is 36.4 Å². The molecule has 3 rings (SSSR count). The number of hydrogen-bond donors (Lipinski definition) is 2. The van der Waals surface area contributed by atoms with Crippen molar-refractivity contribution in [3.05, 3.63) is 59.4 Å².